The molecule has 0 radical (unpaired) electrons. The summed E-state index contributed by atoms with van der Waals surface area (Å²) in [6, 6.07) is 10.3. The van der Waals surface area contributed by atoms with Gasteiger partial charge in [0.05, 0.1) is 10.6 Å². The van der Waals surface area contributed by atoms with Gasteiger partial charge in [-0.3, -0.25) is 4.98 Å². The van der Waals surface area contributed by atoms with E-state index in [0.717, 1.165) is 26.8 Å². The summed E-state index contributed by atoms with van der Waals surface area (Å²) in [6.45, 7) is 0. The van der Waals surface area contributed by atoms with Crippen LogP contribution in [0.5, 0.6) is 0 Å². The van der Waals surface area contributed by atoms with Crippen LogP contribution in [0, 0.1) is 5.82 Å². The number of hydrogen-bond donors (Lipinski definition) is 1. The second-order valence-electron chi connectivity index (χ2n) is 4.20. The highest BCUT2D eigenvalue weighted by Gasteiger charge is 2.14. The van der Waals surface area contributed by atoms with E-state index in [9.17, 15) is 4.39 Å². The van der Waals surface area contributed by atoms with Gasteiger partial charge in [-0.15, -0.1) is 0 Å². The normalized spacial score (nSPS) is 10.5. The molecule has 2 heterocycles. The van der Waals surface area contributed by atoms with Crippen molar-refractivity contribution in [3.8, 4) is 21.7 Å². The molecular weight excluding hydrogens is 273 g/mol. The van der Waals surface area contributed by atoms with Crippen molar-refractivity contribution in [2.75, 3.05) is 12.4 Å². The van der Waals surface area contributed by atoms with Gasteiger partial charge >= 0.3 is 0 Å². The quantitative estimate of drug-likeness (QED) is 0.788. The fourth-order valence-corrected chi connectivity index (χ4v) is 2.85. The minimum absolute atomic E-state index is 0.249. The summed E-state index contributed by atoms with van der Waals surface area (Å²) in [7, 11) is 1.83. The summed E-state index contributed by atoms with van der Waals surface area (Å²) in [6.07, 6.45) is 3.54. The first-order valence-corrected chi connectivity index (χ1v) is 6.94. The minimum Gasteiger partial charge on any atom is -0.365 e. The number of aromatic nitrogens is 2. The molecule has 3 nitrogen and oxygen atoms in total. The molecule has 20 heavy (non-hydrogen) atoms. The van der Waals surface area contributed by atoms with Crippen LogP contribution in [0.15, 0.2) is 48.8 Å². The van der Waals surface area contributed by atoms with Crippen LogP contribution in [0.25, 0.3) is 21.7 Å². The van der Waals surface area contributed by atoms with E-state index < -0.39 is 0 Å². The Morgan fingerprint density at radius 1 is 1.10 bits per heavy atom. The monoisotopic (exact) mass is 285 g/mol. The number of benzene rings is 1. The largest absolute Gasteiger partial charge is 0.365 e. The summed E-state index contributed by atoms with van der Waals surface area (Å²) >= 11 is 1.56. The molecule has 0 atom stereocenters. The smallest absolute Gasteiger partial charge is 0.183 e. The highest BCUT2D eigenvalue weighted by molar-refractivity contribution is 7.19. The Morgan fingerprint density at radius 3 is 2.55 bits per heavy atom. The SMILES string of the molecule is CNc1nc(-c2ccc(F)cc2)c(-c2cccnc2)s1. The van der Waals surface area contributed by atoms with E-state index >= 15 is 0 Å². The third-order valence-corrected chi connectivity index (χ3v) is 4.00. The van der Waals surface area contributed by atoms with Crippen molar-refractivity contribution in [1.82, 2.24) is 9.97 Å². The minimum atomic E-state index is -0.249. The van der Waals surface area contributed by atoms with Crippen molar-refractivity contribution < 1.29 is 4.39 Å². The molecule has 0 saturated carbocycles. The zero-order valence-electron chi connectivity index (χ0n) is 10.8. The predicted molar refractivity (Wildman–Crippen MR) is 80.3 cm³/mol. The number of thiazole rings is 1. The highest BCUT2D eigenvalue weighted by atomic mass is 32.1. The zero-order chi connectivity index (χ0) is 13.9. The summed E-state index contributed by atoms with van der Waals surface area (Å²) < 4.78 is 13.1. The van der Waals surface area contributed by atoms with Gasteiger partial charge in [-0.2, -0.15) is 0 Å². The summed E-state index contributed by atoms with van der Waals surface area (Å²) in [5.74, 6) is -0.249. The van der Waals surface area contributed by atoms with E-state index in [2.05, 4.69) is 15.3 Å². The van der Waals surface area contributed by atoms with Crippen LogP contribution >= 0.6 is 11.3 Å². The lowest BCUT2D eigenvalue weighted by atomic mass is 10.1. The molecule has 3 rings (SSSR count). The van der Waals surface area contributed by atoms with Gasteiger partial charge in [0.15, 0.2) is 5.13 Å². The van der Waals surface area contributed by atoms with Gasteiger partial charge in [0.2, 0.25) is 0 Å². The fourth-order valence-electron chi connectivity index (χ4n) is 1.92. The maximum atomic E-state index is 13.1. The molecule has 0 aliphatic rings. The molecule has 0 amide bonds. The molecule has 0 bridgehead atoms. The van der Waals surface area contributed by atoms with Gasteiger partial charge < -0.3 is 5.32 Å². The first kappa shape index (κ1) is 12.7. The van der Waals surface area contributed by atoms with Crippen LogP contribution in [0.1, 0.15) is 0 Å². The van der Waals surface area contributed by atoms with E-state index in [1.54, 1.807) is 35.9 Å². The van der Waals surface area contributed by atoms with E-state index in [-0.39, 0.29) is 5.82 Å². The molecule has 100 valence electrons. The molecule has 1 N–H and O–H groups in total. The van der Waals surface area contributed by atoms with Crippen molar-refractivity contribution in [2.45, 2.75) is 0 Å². The Hall–Kier alpha value is -2.27. The molecule has 3 aromatic rings. The van der Waals surface area contributed by atoms with Crippen LogP contribution in [0.3, 0.4) is 0 Å². The summed E-state index contributed by atoms with van der Waals surface area (Å²) in [5, 5.41) is 3.87. The van der Waals surface area contributed by atoms with Crippen molar-refractivity contribution in [1.29, 1.82) is 0 Å². The Labute approximate surface area is 120 Å². The van der Waals surface area contributed by atoms with Crippen LogP contribution < -0.4 is 5.32 Å². The number of anilines is 1. The van der Waals surface area contributed by atoms with E-state index in [0.29, 0.717) is 0 Å². The Bertz CT molecular complexity index is 708. The topological polar surface area (TPSA) is 37.8 Å². The lowest BCUT2D eigenvalue weighted by Crippen LogP contribution is -1.87. The summed E-state index contributed by atoms with van der Waals surface area (Å²) in [5.41, 5.74) is 2.74. The van der Waals surface area contributed by atoms with Crippen molar-refractivity contribution in [3.63, 3.8) is 0 Å². The molecule has 0 spiro atoms. The lowest BCUT2D eigenvalue weighted by molar-refractivity contribution is 0.628. The fraction of sp³-hybridized carbons (Fsp3) is 0.0667. The first-order chi connectivity index (χ1) is 9.78. The number of pyridine rings is 1. The average molecular weight is 285 g/mol. The van der Waals surface area contributed by atoms with Crippen LogP contribution in [-0.2, 0) is 0 Å². The Morgan fingerprint density at radius 2 is 1.90 bits per heavy atom. The number of nitrogens with one attached hydrogen (secondary N) is 1. The lowest BCUT2D eigenvalue weighted by Gasteiger charge is -2.02. The number of halogens is 1. The molecule has 1 aromatic carbocycles. The second-order valence-corrected chi connectivity index (χ2v) is 5.19. The molecule has 0 fully saturated rings. The molecular formula is C15H12FN3S. The van der Waals surface area contributed by atoms with Gasteiger partial charge in [-0.25, -0.2) is 9.37 Å². The van der Waals surface area contributed by atoms with Crippen LogP contribution in [0.2, 0.25) is 0 Å². The molecule has 0 saturated heterocycles. The maximum Gasteiger partial charge on any atom is 0.183 e. The van der Waals surface area contributed by atoms with E-state index in [1.165, 1.54) is 12.1 Å². The van der Waals surface area contributed by atoms with E-state index in [4.69, 9.17) is 0 Å². The zero-order valence-corrected chi connectivity index (χ0v) is 11.6. The third kappa shape index (κ3) is 2.40. The first-order valence-electron chi connectivity index (χ1n) is 6.13. The molecule has 0 unspecified atom stereocenters. The predicted octanol–water partition coefficient (Wildman–Crippen LogP) is 4.05. The second kappa shape index (κ2) is 5.38. The number of nitrogens with zero attached hydrogens (tertiary/aromatic N) is 2. The van der Waals surface area contributed by atoms with Gasteiger partial charge in [-0.05, 0) is 30.3 Å². The standard InChI is InChI=1S/C15H12FN3S/c1-17-15-19-13(10-4-6-12(16)7-5-10)14(20-15)11-3-2-8-18-9-11/h2-9H,1H3,(H,17,19). The highest BCUT2D eigenvalue weighted by Crippen LogP contribution is 2.38. The van der Waals surface area contributed by atoms with E-state index in [1.807, 2.05) is 19.2 Å². The van der Waals surface area contributed by atoms with Crippen molar-refractivity contribution in [3.05, 3.63) is 54.6 Å². The molecule has 2 aromatic heterocycles. The van der Waals surface area contributed by atoms with Gasteiger partial charge in [0.25, 0.3) is 0 Å². The van der Waals surface area contributed by atoms with Gasteiger partial charge in [0.1, 0.15) is 5.82 Å². The summed E-state index contributed by atoms with van der Waals surface area (Å²) in [4.78, 5) is 9.73. The van der Waals surface area contributed by atoms with Crippen LogP contribution in [-0.4, -0.2) is 17.0 Å². The number of rotatable bonds is 3. The average Bonchev–Trinajstić information content (AvgIpc) is 2.93. The van der Waals surface area contributed by atoms with Crippen LogP contribution in [0.4, 0.5) is 9.52 Å². The van der Waals surface area contributed by atoms with Gasteiger partial charge in [-0.1, -0.05) is 17.4 Å². The molecule has 5 heteroatoms. The maximum absolute atomic E-state index is 13.1. The number of hydrogen-bond acceptors (Lipinski definition) is 4. The third-order valence-electron chi connectivity index (χ3n) is 2.88. The van der Waals surface area contributed by atoms with Gasteiger partial charge in [0, 0.05) is 30.6 Å². The van der Waals surface area contributed by atoms with Crippen molar-refractivity contribution in [2.24, 2.45) is 0 Å². The van der Waals surface area contributed by atoms with Crippen molar-refractivity contribution >= 4 is 16.5 Å². The Balaban J connectivity index is 2.15. The molecule has 0 aliphatic carbocycles. The Kier molecular flexibility index (Phi) is 3.43. The molecule has 0 aliphatic heterocycles.